The molecule has 0 aliphatic heterocycles. The quantitative estimate of drug-likeness (QED) is 0.139. The van der Waals surface area contributed by atoms with Crippen molar-refractivity contribution in [2.75, 3.05) is 0 Å². The number of rotatable bonds is 0. The summed E-state index contributed by atoms with van der Waals surface area (Å²) in [4.78, 5) is 0. The molecule has 0 bridgehead atoms. The summed E-state index contributed by atoms with van der Waals surface area (Å²) in [5, 5.41) is 0. The van der Waals surface area contributed by atoms with E-state index in [2.05, 4.69) is 134 Å². The minimum atomic E-state index is 0. The summed E-state index contributed by atoms with van der Waals surface area (Å²) in [5.74, 6) is 0. The summed E-state index contributed by atoms with van der Waals surface area (Å²) in [5.41, 5.74) is 13.5. The zero-order valence-electron chi connectivity index (χ0n) is 29.1. The number of fused-ring (bicyclic) bond motifs is 3. The first-order valence-electron chi connectivity index (χ1n) is 15.3. The summed E-state index contributed by atoms with van der Waals surface area (Å²) in [6.07, 6.45) is 11.0. The van der Waals surface area contributed by atoms with Crippen molar-refractivity contribution in [2.45, 2.75) is 79.1 Å². The van der Waals surface area contributed by atoms with Crippen LogP contribution in [0.4, 0.5) is 0 Å². The minimum absolute atomic E-state index is 0. The molecule has 2 aliphatic carbocycles. The van der Waals surface area contributed by atoms with Crippen LogP contribution in [0.15, 0.2) is 97.1 Å². The second-order valence-corrected chi connectivity index (χ2v) is 13.2. The van der Waals surface area contributed by atoms with Gasteiger partial charge in [-0.1, -0.05) is 102 Å². The predicted molar refractivity (Wildman–Crippen MR) is 205 cm³/mol. The van der Waals surface area contributed by atoms with Gasteiger partial charge in [-0.2, -0.15) is 83.6 Å². The number of aryl methyl sites for hydroxylation is 2. The number of hydrogen-bond acceptors (Lipinski definition) is 0. The molecule has 3 heteroatoms. The molecule has 4 aromatic rings. The van der Waals surface area contributed by atoms with Crippen LogP contribution < -0.4 is 0 Å². The maximum absolute atomic E-state index is 3.82. The number of allylic oxidation sites excluding steroid dienone is 4. The molecular weight excluding hydrogens is 679 g/mol. The van der Waals surface area contributed by atoms with Crippen LogP contribution in [0.3, 0.4) is 0 Å². The van der Waals surface area contributed by atoms with E-state index in [1.807, 2.05) is 48.6 Å². The van der Waals surface area contributed by atoms with Gasteiger partial charge in [0.15, 0.2) is 0 Å². The van der Waals surface area contributed by atoms with Crippen molar-refractivity contribution in [1.29, 1.82) is 0 Å². The zero-order valence-corrected chi connectivity index (χ0v) is 33.2. The third-order valence-electron chi connectivity index (χ3n) is 7.63. The van der Waals surface area contributed by atoms with E-state index in [0.717, 1.165) is 24.0 Å². The fourth-order valence-corrected chi connectivity index (χ4v) is 4.55. The molecule has 0 nitrogen and oxygen atoms in total. The van der Waals surface area contributed by atoms with Crippen LogP contribution in [-0.2, 0) is 41.5 Å². The Morgan fingerprint density at radius 1 is 0.696 bits per heavy atom. The molecule has 0 amide bonds. The van der Waals surface area contributed by atoms with Crippen LogP contribution in [-0.4, -0.2) is 4.21 Å². The van der Waals surface area contributed by atoms with Gasteiger partial charge in [0.25, 0.3) is 0 Å². The molecule has 0 atom stereocenters. The molecule has 0 N–H and O–H groups in total. The van der Waals surface area contributed by atoms with Gasteiger partial charge >= 0.3 is 28.4 Å². The van der Waals surface area contributed by atoms with Crippen molar-refractivity contribution in [3.8, 4) is 11.1 Å². The Bertz CT molecular complexity index is 1390. The zero-order chi connectivity index (χ0) is 32.9. The van der Waals surface area contributed by atoms with Gasteiger partial charge in [0, 0.05) is 0 Å². The molecule has 0 spiro atoms. The molecule has 2 aliphatic rings. The number of halogens is 2. The average molecular weight is 731 g/mol. The predicted octanol–water partition coefficient (Wildman–Crippen LogP) is 12.1. The molecule has 0 fully saturated rings. The van der Waals surface area contributed by atoms with Crippen LogP contribution >= 0.6 is 24.8 Å². The van der Waals surface area contributed by atoms with E-state index in [1.54, 1.807) is 0 Å². The van der Waals surface area contributed by atoms with Gasteiger partial charge < -0.3 is 0 Å². The van der Waals surface area contributed by atoms with Crippen LogP contribution in [0.5, 0.6) is 0 Å². The Kier molecular flexibility index (Phi) is 19.5. The first-order chi connectivity index (χ1) is 20.8. The summed E-state index contributed by atoms with van der Waals surface area (Å²) >= 11 is 1.30. The Morgan fingerprint density at radius 3 is 1.57 bits per heavy atom. The normalized spacial score (nSPS) is 11.5. The maximum atomic E-state index is 3.82. The van der Waals surface area contributed by atoms with Crippen molar-refractivity contribution < 1.29 is 24.2 Å². The van der Waals surface area contributed by atoms with Crippen molar-refractivity contribution in [2.24, 2.45) is 0 Å². The van der Waals surface area contributed by atoms with Crippen LogP contribution in [0.1, 0.15) is 92.5 Å². The fraction of sp³-hybridized carbons (Fsp3) is 0.279. The molecule has 0 heterocycles. The van der Waals surface area contributed by atoms with Crippen molar-refractivity contribution >= 4 is 29.0 Å². The monoisotopic (exact) mass is 728 g/mol. The molecule has 6 rings (SSSR count). The van der Waals surface area contributed by atoms with Crippen LogP contribution in [0.2, 0.25) is 0 Å². The van der Waals surface area contributed by atoms with E-state index in [1.165, 1.54) is 68.7 Å². The van der Waals surface area contributed by atoms with Gasteiger partial charge in [-0.25, -0.2) is 12.2 Å². The Hall–Kier alpha value is -2.57. The molecule has 0 saturated heterocycles. The second kappa shape index (κ2) is 20.6. The van der Waals surface area contributed by atoms with E-state index in [4.69, 9.17) is 0 Å². The van der Waals surface area contributed by atoms with Gasteiger partial charge in [0.1, 0.15) is 0 Å². The van der Waals surface area contributed by atoms with E-state index >= 15 is 0 Å². The Morgan fingerprint density at radius 2 is 1.20 bits per heavy atom. The molecule has 0 aromatic heterocycles. The summed E-state index contributed by atoms with van der Waals surface area (Å²) in [6, 6.07) is 31.2. The third-order valence-corrected chi connectivity index (χ3v) is 7.63. The molecule has 0 unspecified atom stereocenters. The fourth-order valence-electron chi connectivity index (χ4n) is 4.55. The van der Waals surface area contributed by atoms with Crippen LogP contribution in [0.25, 0.3) is 11.1 Å². The Balaban J connectivity index is 0.000000669. The topological polar surface area (TPSA) is 0 Å². The summed E-state index contributed by atoms with van der Waals surface area (Å²) < 4.78 is 3.34. The standard InChI is InChI=1S/C21H25.2C8H9.C5H5.CH2.2ClH.Zr/c1-20(2,3)16-9-7-14-11-15-8-10-17(21(4,5)6)13-19(15)18(14)12-16;2*1-7-5-3-4-6-8(7)2;1-2-4-5-3-1;;;;/h7,9-10,12-13H,11H2,1-6H3;2*3-6H,1H2,2H3;1-3H,4H2;1H2;2*1H;/q4*-1;;;;. The van der Waals surface area contributed by atoms with Gasteiger partial charge in [-0.15, -0.1) is 61.1 Å². The summed E-state index contributed by atoms with van der Waals surface area (Å²) in [7, 11) is 0. The molecular formula is C43H52Cl2Zr-4. The first kappa shape index (κ1) is 43.4. The molecule has 0 saturated carbocycles. The van der Waals surface area contributed by atoms with E-state index < -0.39 is 0 Å². The first-order valence-corrected chi connectivity index (χ1v) is 17.0. The van der Waals surface area contributed by atoms with E-state index in [-0.39, 0.29) is 35.6 Å². The van der Waals surface area contributed by atoms with Gasteiger partial charge in [0.05, 0.1) is 0 Å². The second-order valence-electron chi connectivity index (χ2n) is 13.2. The molecule has 0 radical (unpaired) electrons. The van der Waals surface area contributed by atoms with Gasteiger partial charge in [-0.05, 0) is 17.4 Å². The molecule has 4 aromatic carbocycles. The summed E-state index contributed by atoms with van der Waals surface area (Å²) in [6.45, 7) is 25.4. The third kappa shape index (κ3) is 13.7. The van der Waals surface area contributed by atoms with Crippen molar-refractivity contribution in [3.63, 3.8) is 0 Å². The number of benzene rings is 4. The van der Waals surface area contributed by atoms with Crippen molar-refractivity contribution in [3.05, 3.63) is 168 Å². The van der Waals surface area contributed by atoms with Crippen molar-refractivity contribution in [1.82, 2.24) is 0 Å². The van der Waals surface area contributed by atoms with Crippen LogP contribution in [0, 0.1) is 39.8 Å². The van der Waals surface area contributed by atoms with Gasteiger partial charge in [-0.3, -0.25) is 6.08 Å². The van der Waals surface area contributed by atoms with Gasteiger partial charge in [0.2, 0.25) is 0 Å². The average Bonchev–Trinajstić information content (AvgIpc) is 3.69. The Labute approximate surface area is 309 Å². The SMILES string of the molecule is CC(C)(C)c1c[c-]c2c(c1)-c1cc(C(C)(C)C)ccc1C2.Cl.Cl.[C-]1=CC=CC1.[CH2-]c1ccccc1C.[CH2-]c1ccccc1C.[CH2]=[Zr]. The van der Waals surface area contributed by atoms with E-state index in [0.29, 0.717) is 0 Å². The van der Waals surface area contributed by atoms with E-state index in [9.17, 15) is 0 Å². The molecule has 246 valence electrons. The molecule has 46 heavy (non-hydrogen) atoms. The number of hydrogen-bond donors (Lipinski definition) is 0.